The molecule has 2 aliphatic carbocycles. The lowest BCUT2D eigenvalue weighted by atomic mass is 9.63. The van der Waals surface area contributed by atoms with E-state index >= 15 is 0 Å². The van der Waals surface area contributed by atoms with Crippen molar-refractivity contribution in [3.8, 4) is 68.7 Å². The second-order valence-corrected chi connectivity index (χ2v) is 16.1. The van der Waals surface area contributed by atoms with Crippen molar-refractivity contribution in [3.63, 3.8) is 0 Å². The second-order valence-electron chi connectivity index (χ2n) is 16.1. The quantitative estimate of drug-likeness (QED) is 0.127. The summed E-state index contributed by atoms with van der Waals surface area (Å²) in [6, 6.07) is 62.5. The van der Waals surface area contributed by atoms with Crippen LogP contribution in [-0.4, -0.2) is 19.9 Å². The summed E-state index contributed by atoms with van der Waals surface area (Å²) in [4.78, 5) is 20.4. The summed E-state index contributed by atoms with van der Waals surface area (Å²) in [5, 5.41) is 21.0. The highest BCUT2D eigenvalue weighted by atomic mass is 14.9. The van der Waals surface area contributed by atoms with Crippen LogP contribution in [0.2, 0.25) is 0 Å². The minimum Gasteiger partial charge on any atom is -0.227 e. The molecule has 0 saturated carbocycles. The normalized spacial score (nSPS) is 14.1. The molecular formula is C59H42N6. The van der Waals surface area contributed by atoms with Crippen molar-refractivity contribution in [2.45, 2.75) is 31.1 Å². The SMILES string of the molecule is N#Cc1c(C2=CCCC=C2)nc(-c2ccc(C(C3=CC=CCC3)(c3ccccc3)c3ccc(-c4nc(-c5ccccc5)c(C#N)c(-c5ccccc5)n4)cc3)cc2)nc1-c1ccccc1. The highest BCUT2D eigenvalue weighted by Gasteiger charge is 2.40. The highest BCUT2D eigenvalue weighted by Crippen LogP contribution is 2.48. The van der Waals surface area contributed by atoms with Gasteiger partial charge in [0.15, 0.2) is 11.6 Å². The molecule has 6 nitrogen and oxygen atoms in total. The van der Waals surface area contributed by atoms with E-state index in [-0.39, 0.29) is 0 Å². The van der Waals surface area contributed by atoms with Crippen LogP contribution in [0.25, 0.3) is 62.1 Å². The predicted molar refractivity (Wildman–Crippen MR) is 260 cm³/mol. The molecule has 2 aliphatic rings. The fourth-order valence-electron chi connectivity index (χ4n) is 9.20. The predicted octanol–water partition coefficient (Wildman–Crippen LogP) is 13.7. The zero-order valence-corrected chi connectivity index (χ0v) is 35.6. The third kappa shape index (κ3) is 7.69. The van der Waals surface area contributed by atoms with E-state index in [0.717, 1.165) is 75.8 Å². The smallest absolute Gasteiger partial charge is 0.160 e. The molecule has 0 fully saturated rings. The first-order valence-electron chi connectivity index (χ1n) is 22.0. The van der Waals surface area contributed by atoms with Crippen molar-refractivity contribution in [3.05, 3.63) is 245 Å². The van der Waals surface area contributed by atoms with Gasteiger partial charge in [0.25, 0.3) is 0 Å². The topological polar surface area (TPSA) is 99.1 Å². The molecule has 10 rings (SSSR count). The number of hydrogen-bond donors (Lipinski definition) is 0. The molecule has 0 amide bonds. The molecule has 0 saturated heterocycles. The summed E-state index contributed by atoms with van der Waals surface area (Å²) in [6.45, 7) is 0. The Bertz CT molecular complexity index is 3170. The van der Waals surface area contributed by atoms with Gasteiger partial charge in [0.05, 0.1) is 28.2 Å². The molecule has 1 unspecified atom stereocenters. The van der Waals surface area contributed by atoms with Gasteiger partial charge in [0.1, 0.15) is 23.3 Å². The van der Waals surface area contributed by atoms with Gasteiger partial charge in [0.2, 0.25) is 0 Å². The van der Waals surface area contributed by atoms with E-state index in [1.54, 1.807) is 0 Å². The molecule has 0 spiro atoms. The van der Waals surface area contributed by atoms with Gasteiger partial charge in [-0.05, 0) is 47.9 Å². The molecule has 308 valence electrons. The van der Waals surface area contributed by atoms with Gasteiger partial charge in [-0.2, -0.15) is 10.5 Å². The average molecular weight is 835 g/mol. The summed E-state index contributed by atoms with van der Waals surface area (Å²) in [6.07, 6.45) is 16.7. The first-order valence-corrected chi connectivity index (χ1v) is 22.0. The maximum atomic E-state index is 10.5. The number of nitrogens with zero attached hydrogens (tertiary/aromatic N) is 6. The van der Waals surface area contributed by atoms with Crippen molar-refractivity contribution in [2.24, 2.45) is 0 Å². The Hall–Kier alpha value is -8.58. The summed E-state index contributed by atoms with van der Waals surface area (Å²) in [5.41, 5.74) is 12.5. The van der Waals surface area contributed by atoms with Crippen LogP contribution >= 0.6 is 0 Å². The Kier molecular flexibility index (Phi) is 11.2. The van der Waals surface area contributed by atoms with Gasteiger partial charge >= 0.3 is 0 Å². The van der Waals surface area contributed by atoms with Crippen LogP contribution in [-0.2, 0) is 5.41 Å². The van der Waals surface area contributed by atoms with Gasteiger partial charge in [-0.1, -0.05) is 212 Å². The van der Waals surface area contributed by atoms with E-state index < -0.39 is 5.41 Å². The lowest BCUT2D eigenvalue weighted by molar-refractivity contribution is 0.676. The molecule has 1 atom stereocenters. The van der Waals surface area contributed by atoms with Crippen molar-refractivity contribution in [1.29, 1.82) is 10.5 Å². The molecule has 0 N–H and O–H groups in total. The fourth-order valence-corrected chi connectivity index (χ4v) is 9.20. The van der Waals surface area contributed by atoms with Crippen molar-refractivity contribution >= 4 is 5.57 Å². The molecule has 8 aromatic rings. The summed E-state index contributed by atoms with van der Waals surface area (Å²) in [7, 11) is 0. The fraction of sp³-hybridized carbons (Fsp3) is 0.0847. The van der Waals surface area contributed by atoms with Crippen molar-refractivity contribution < 1.29 is 0 Å². The average Bonchev–Trinajstić information content (AvgIpc) is 3.40. The lowest BCUT2D eigenvalue weighted by Crippen LogP contribution is -2.32. The lowest BCUT2D eigenvalue weighted by Gasteiger charge is -2.39. The summed E-state index contributed by atoms with van der Waals surface area (Å²) >= 11 is 0. The highest BCUT2D eigenvalue weighted by molar-refractivity contribution is 5.83. The van der Waals surface area contributed by atoms with Crippen LogP contribution in [0.15, 0.2) is 212 Å². The van der Waals surface area contributed by atoms with Crippen LogP contribution in [0.5, 0.6) is 0 Å². The monoisotopic (exact) mass is 834 g/mol. The van der Waals surface area contributed by atoms with Crippen LogP contribution < -0.4 is 0 Å². The number of rotatable bonds is 10. The molecule has 2 heterocycles. The first-order chi connectivity index (χ1) is 32.1. The van der Waals surface area contributed by atoms with E-state index in [2.05, 4.69) is 127 Å². The second kappa shape index (κ2) is 18.0. The maximum Gasteiger partial charge on any atom is 0.160 e. The maximum absolute atomic E-state index is 10.5. The molecular weight excluding hydrogens is 793 g/mol. The van der Waals surface area contributed by atoms with E-state index in [4.69, 9.17) is 19.9 Å². The Morgan fingerprint density at radius 1 is 0.415 bits per heavy atom. The largest absolute Gasteiger partial charge is 0.227 e. The number of nitriles is 2. The Morgan fingerprint density at radius 3 is 1.26 bits per heavy atom. The molecule has 6 heteroatoms. The standard InChI is InChI=1S/C59H42N6/c60-39-51-53(41-19-7-1-8-20-41)62-57(63-54(51)42-21-9-2-10-22-42)45-31-35-49(36-32-45)59(47-27-15-5-16-28-47,48-29-17-6-18-30-48)50-37-33-46(34-38-50)58-64-55(43-23-11-3-12-24-43)52(40-61)56(65-58)44-25-13-4-14-26-44/h1-3,5-13,15-17,19-29,31-38H,4,14,18,30H2. The molecule has 65 heavy (non-hydrogen) atoms. The number of allylic oxidation sites excluding steroid dienone is 8. The molecule has 2 aromatic heterocycles. The van der Waals surface area contributed by atoms with Crippen LogP contribution in [0, 0.1) is 22.7 Å². The molecule has 0 aliphatic heterocycles. The summed E-state index contributed by atoms with van der Waals surface area (Å²) in [5.74, 6) is 1.10. The number of hydrogen-bond acceptors (Lipinski definition) is 6. The zero-order valence-electron chi connectivity index (χ0n) is 35.6. The Balaban J connectivity index is 1.13. The molecule has 6 aromatic carbocycles. The Morgan fingerprint density at radius 2 is 0.846 bits per heavy atom. The first kappa shape index (κ1) is 40.5. The van der Waals surface area contributed by atoms with Crippen molar-refractivity contribution in [1.82, 2.24) is 19.9 Å². The van der Waals surface area contributed by atoms with Crippen LogP contribution in [0.3, 0.4) is 0 Å². The van der Waals surface area contributed by atoms with Gasteiger partial charge in [-0.3, -0.25) is 0 Å². The number of benzene rings is 6. The minimum atomic E-state index is -0.664. The van der Waals surface area contributed by atoms with Crippen LogP contribution in [0.1, 0.15) is 59.2 Å². The van der Waals surface area contributed by atoms with Gasteiger partial charge in [-0.25, -0.2) is 19.9 Å². The van der Waals surface area contributed by atoms with Crippen molar-refractivity contribution in [2.75, 3.05) is 0 Å². The third-order valence-corrected chi connectivity index (χ3v) is 12.3. The van der Waals surface area contributed by atoms with Gasteiger partial charge in [0, 0.05) is 27.8 Å². The van der Waals surface area contributed by atoms with E-state index in [1.807, 2.05) is 91.0 Å². The van der Waals surface area contributed by atoms with Gasteiger partial charge < -0.3 is 0 Å². The number of aromatic nitrogens is 4. The van der Waals surface area contributed by atoms with E-state index in [0.29, 0.717) is 45.6 Å². The van der Waals surface area contributed by atoms with E-state index in [9.17, 15) is 10.5 Å². The zero-order chi connectivity index (χ0) is 44.0. The Labute approximate surface area is 379 Å². The molecule has 0 bridgehead atoms. The summed E-state index contributed by atoms with van der Waals surface area (Å²) < 4.78 is 0. The molecule has 0 radical (unpaired) electrons. The third-order valence-electron chi connectivity index (χ3n) is 12.3. The van der Waals surface area contributed by atoms with E-state index in [1.165, 1.54) is 5.57 Å². The van der Waals surface area contributed by atoms with Gasteiger partial charge in [-0.15, -0.1) is 0 Å². The minimum absolute atomic E-state index is 0.438. The van der Waals surface area contributed by atoms with Crippen LogP contribution in [0.4, 0.5) is 0 Å².